The molecule has 1 saturated heterocycles. The van der Waals surface area contributed by atoms with Crippen LogP contribution >= 0.6 is 0 Å². The SMILES string of the molecule is CC(C)(O)[C@@H]1CC[C@](C)([C@@]2(O)CC[C@]3(C)[C@H]2[C@H](O)C[C@@H]2[C@@]4(C)CC[C@@H](O)C(C)(C)[C@H]4CC[C@]23C)O1. The number of aliphatic hydroxyl groups excluding tert-OH is 2. The molecule has 5 nitrogen and oxygen atoms in total. The van der Waals surface area contributed by atoms with E-state index in [1.807, 2.05) is 6.92 Å². The van der Waals surface area contributed by atoms with Crippen LogP contribution in [0.25, 0.3) is 0 Å². The summed E-state index contributed by atoms with van der Waals surface area (Å²) in [6.45, 7) is 17.3. The van der Waals surface area contributed by atoms with Gasteiger partial charge in [-0.15, -0.1) is 0 Å². The number of hydrogen-bond acceptors (Lipinski definition) is 5. The summed E-state index contributed by atoms with van der Waals surface area (Å²) in [7, 11) is 0. The van der Waals surface area contributed by atoms with Gasteiger partial charge in [-0.05, 0) is 112 Å². The molecular weight excluding hydrogens is 440 g/mol. The number of rotatable bonds is 2. The molecule has 0 radical (unpaired) electrons. The lowest BCUT2D eigenvalue weighted by molar-refractivity contribution is -0.277. The van der Waals surface area contributed by atoms with Gasteiger partial charge in [-0.25, -0.2) is 0 Å². The Morgan fingerprint density at radius 3 is 2.03 bits per heavy atom. The molecule has 5 heteroatoms. The van der Waals surface area contributed by atoms with Crippen molar-refractivity contribution in [3.05, 3.63) is 0 Å². The van der Waals surface area contributed by atoms with E-state index in [9.17, 15) is 20.4 Å². The molecule has 0 amide bonds. The third kappa shape index (κ3) is 3.17. The molecule has 1 heterocycles. The van der Waals surface area contributed by atoms with Crippen molar-refractivity contribution >= 4 is 0 Å². The molecule has 5 fully saturated rings. The summed E-state index contributed by atoms with van der Waals surface area (Å²) in [4.78, 5) is 0. The molecule has 1 aliphatic heterocycles. The minimum Gasteiger partial charge on any atom is -0.393 e. The largest absolute Gasteiger partial charge is 0.393 e. The van der Waals surface area contributed by atoms with Gasteiger partial charge in [0.2, 0.25) is 0 Å². The van der Waals surface area contributed by atoms with E-state index < -0.39 is 22.9 Å². The molecule has 4 aliphatic carbocycles. The molecule has 35 heavy (non-hydrogen) atoms. The van der Waals surface area contributed by atoms with Crippen LogP contribution in [0.3, 0.4) is 0 Å². The average molecular weight is 493 g/mol. The van der Waals surface area contributed by atoms with Gasteiger partial charge in [-0.3, -0.25) is 0 Å². The van der Waals surface area contributed by atoms with Crippen molar-refractivity contribution in [2.24, 2.45) is 39.4 Å². The molecule has 0 aromatic rings. The highest BCUT2D eigenvalue weighted by atomic mass is 16.5. The van der Waals surface area contributed by atoms with Crippen LogP contribution in [-0.2, 0) is 4.74 Å². The van der Waals surface area contributed by atoms with Gasteiger partial charge < -0.3 is 25.2 Å². The molecule has 0 aromatic heterocycles. The summed E-state index contributed by atoms with van der Waals surface area (Å²) in [6, 6.07) is 0. The summed E-state index contributed by atoms with van der Waals surface area (Å²) in [5.41, 5.74) is -3.08. The fourth-order valence-corrected chi connectivity index (χ4v) is 11.1. The van der Waals surface area contributed by atoms with Crippen molar-refractivity contribution < 1.29 is 25.2 Å². The molecule has 0 bridgehead atoms. The van der Waals surface area contributed by atoms with Crippen molar-refractivity contribution in [1.29, 1.82) is 0 Å². The minimum atomic E-state index is -1.12. The van der Waals surface area contributed by atoms with Gasteiger partial charge in [0, 0.05) is 5.92 Å². The van der Waals surface area contributed by atoms with Crippen molar-refractivity contribution in [3.63, 3.8) is 0 Å². The third-order valence-corrected chi connectivity index (χ3v) is 13.4. The Hall–Kier alpha value is -0.200. The van der Waals surface area contributed by atoms with Crippen molar-refractivity contribution in [2.75, 3.05) is 0 Å². The zero-order chi connectivity index (χ0) is 26.0. The summed E-state index contributed by atoms with van der Waals surface area (Å²) in [6.07, 6.45) is 6.50. The quantitative estimate of drug-likeness (QED) is 0.443. The lowest BCUT2D eigenvalue weighted by Gasteiger charge is -2.71. The second kappa shape index (κ2) is 7.46. The Bertz CT molecular complexity index is 865. The Labute approximate surface area is 213 Å². The molecule has 4 saturated carbocycles. The lowest BCUT2D eigenvalue weighted by atomic mass is 9.35. The molecule has 11 atom stereocenters. The number of ether oxygens (including phenoxy) is 1. The molecular formula is C30H52O5. The number of fused-ring (bicyclic) bond motifs is 5. The second-order valence-electron chi connectivity index (χ2n) is 15.6. The van der Waals surface area contributed by atoms with E-state index >= 15 is 0 Å². The van der Waals surface area contributed by atoms with Gasteiger partial charge in [0.05, 0.1) is 35.1 Å². The maximum Gasteiger partial charge on any atom is 0.0991 e. The third-order valence-electron chi connectivity index (χ3n) is 13.4. The van der Waals surface area contributed by atoms with E-state index in [4.69, 9.17) is 4.74 Å². The molecule has 0 aromatic carbocycles. The Balaban J connectivity index is 1.52. The predicted octanol–water partition coefficient (Wildman–Crippen LogP) is 4.83. The van der Waals surface area contributed by atoms with Crippen LogP contribution in [0, 0.1) is 39.4 Å². The lowest BCUT2D eigenvalue weighted by Crippen LogP contribution is -2.69. The molecule has 5 aliphatic rings. The van der Waals surface area contributed by atoms with Gasteiger partial charge >= 0.3 is 0 Å². The van der Waals surface area contributed by atoms with E-state index in [0.717, 1.165) is 38.5 Å². The number of aliphatic hydroxyl groups is 4. The van der Waals surface area contributed by atoms with Gasteiger partial charge in [-0.1, -0.05) is 34.6 Å². The zero-order valence-corrected chi connectivity index (χ0v) is 23.5. The van der Waals surface area contributed by atoms with Crippen LogP contribution < -0.4 is 0 Å². The van der Waals surface area contributed by atoms with E-state index in [2.05, 4.69) is 34.6 Å². The first-order chi connectivity index (χ1) is 15.9. The first-order valence-electron chi connectivity index (χ1n) is 14.4. The second-order valence-corrected chi connectivity index (χ2v) is 15.6. The van der Waals surface area contributed by atoms with Crippen LogP contribution in [0.15, 0.2) is 0 Å². The highest BCUT2D eigenvalue weighted by Gasteiger charge is 2.75. The fourth-order valence-electron chi connectivity index (χ4n) is 11.1. The van der Waals surface area contributed by atoms with Crippen LogP contribution in [0.4, 0.5) is 0 Å². The predicted molar refractivity (Wildman–Crippen MR) is 137 cm³/mol. The molecule has 5 rings (SSSR count). The van der Waals surface area contributed by atoms with E-state index in [1.165, 1.54) is 0 Å². The average Bonchev–Trinajstić information content (AvgIpc) is 3.29. The van der Waals surface area contributed by atoms with Gasteiger partial charge in [0.25, 0.3) is 0 Å². The Morgan fingerprint density at radius 1 is 0.771 bits per heavy atom. The maximum atomic E-state index is 12.5. The highest BCUT2D eigenvalue weighted by molar-refractivity contribution is 5.25. The van der Waals surface area contributed by atoms with Crippen molar-refractivity contribution in [2.45, 2.75) is 148 Å². The molecule has 202 valence electrons. The zero-order valence-electron chi connectivity index (χ0n) is 23.5. The van der Waals surface area contributed by atoms with Crippen molar-refractivity contribution in [1.82, 2.24) is 0 Å². The van der Waals surface area contributed by atoms with Gasteiger partial charge in [-0.2, -0.15) is 0 Å². The first-order valence-corrected chi connectivity index (χ1v) is 14.4. The monoisotopic (exact) mass is 492 g/mol. The fraction of sp³-hybridized carbons (Fsp3) is 1.00. The standard InChI is InChI=1S/C30H52O5/c1-24(2)19-9-13-27(6)20(26(19,5)12-10-21(24)32)17-18(31)23-28(27,7)15-16-30(23,34)29(8)14-11-22(35-29)25(3,4)33/h18-23,31-34H,9-17H2,1-8H3/t18-,19-,20-,21-,22+,23-,26+,27-,28-,29-,30-/m1/s1. The van der Waals surface area contributed by atoms with Crippen LogP contribution in [0.1, 0.15) is 113 Å². The maximum absolute atomic E-state index is 12.5. The van der Waals surface area contributed by atoms with Gasteiger partial charge in [0.15, 0.2) is 0 Å². The smallest absolute Gasteiger partial charge is 0.0991 e. The Morgan fingerprint density at radius 2 is 1.43 bits per heavy atom. The molecule has 0 unspecified atom stereocenters. The van der Waals surface area contributed by atoms with Crippen molar-refractivity contribution in [3.8, 4) is 0 Å². The topological polar surface area (TPSA) is 90.2 Å². The minimum absolute atomic E-state index is 0.00954. The Kier molecular flexibility index (Phi) is 5.63. The molecule has 4 N–H and O–H groups in total. The van der Waals surface area contributed by atoms with E-state index in [1.54, 1.807) is 13.8 Å². The molecule has 0 spiro atoms. The van der Waals surface area contributed by atoms with Crippen LogP contribution in [-0.4, -0.2) is 55.5 Å². The van der Waals surface area contributed by atoms with E-state index in [-0.39, 0.29) is 39.8 Å². The summed E-state index contributed by atoms with van der Waals surface area (Å²) >= 11 is 0. The van der Waals surface area contributed by atoms with Gasteiger partial charge in [0.1, 0.15) is 0 Å². The summed E-state index contributed by atoms with van der Waals surface area (Å²) in [5.74, 6) is 0.553. The first kappa shape index (κ1) is 26.4. The highest BCUT2D eigenvalue weighted by Crippen LogP contribution is 2.76. The summed E-state index contributed by atoms with van der Waals surface area (Å²) < 4.78 is 6.52. The van der Waals surface area contributed by atoms with E-state index in [0.29, 0.717) is 31.1 Å². The summed E-state index contributed by atoms with van der Waals surface area (Å²) in [5, 5.41) is 45.9. The number of hydrogen-bond donors (Lipinski definition) is 4. The van der Waals surface area contributed by atoms with Crippen LogP contribution in [0.5, 0.6) is 0 Å². The van der Waals surface area contributed by atoms with Crippen LogP contribution in [0.2, 0.25) is 0 Å². The normalized spacial score (nSPS) is 57.9.